The fourth-order valence-electron chi connectivity index (χ4n) is 7.41. The summed E-state index contributed by atoms with van der Waals surface area (Å²) in [6.45, 7) is 13.4. The van der Waals surface area contributed by atoms with E-state index >= 15 is 0 Å². The van der Waals surface area contributed by atoms with Crippen molar-refractivity contribution in [3.05, 3.63) is 155 Å². The molecule has 0 saturated carbocycles. The third-order valence-electron chi connectivity index (χ3n) is 10.7. The molecular weight excluding hydrogens is 738 g/mol. The second kappa shape index (κ2) is 18.6. The van der Waals surface area contributed by atoms with Crippen molar-refractivity contribution < 1.29 is 19.5 Å². The van der Waals surface area contributed by atoms with Gasteiger partial charge in [-0.1, -0.05) is 102 Å². The van der Waals surface area contributed by atoms with E-state index in [1.54, 1.807) is 24.3 Å². The number of fused-ring (bicyclic) bond motifs is 6. The van der Waals surface area contributed by atoms with Gasteiger partial charge in [0, 0.05) is 22.3 Å². The van der Waals surface area contributed by atoms with Crippen molar-refractivity contribution in [1.29, 1.82) is 10.5 Å². The van der Waals surface area contributed by atoms with E-state index in [0.717, 1.165) is 84.1 Å². The Hall–Kier alpha value is -5.10. The molecule has 0 amide bonds. The molecule has 2 aromatic heterocycles. The number of hydrogen-bond donors (Lipinski definition) is 0. The van der Waals surface area contributed by atoms with Gasteiger partial charge >= 0.3 is 19.5 Å². The molecule has 6 nitrogen and oxygen atoms in total. The topological polar surface area (TPSA) is 100 Å². The minimum Gasteiger partial charge on any atom is -0.660 e. The summed E-state index contributed by atoms with van der Waals surface area (Å²) in [4.78, 5) is 21.0. The molecule has 0 N–H and O–H groups in total. The zero-order chi connectivity index (χ0) is 37.1. The van der Waals surface area contributed by atoms with Crippen LogP contribution in [-0.4, -0.2) is 11.4 Å². The number of benzene rings is 2. The molecule has 4 aromatic rings. The quantitative estimate of drug-likeness (QED) is 0.182. The van der Waals surface area contributed by atoms with Gasteiger partial charge in [0.25, 0.3) is 0 Å². The monoisotopic (exact) mass is 786 g/mol. The third kappa shape index (κ3) is 8.28. The standard InChI is InChI=1S/C32H38N4.2C7H5N.Ru/c1-7-21-23-13-17-27(33-23)31(9-3,10-4)29-19-15-25(35-29)22(8-2)26-16-20-30(36-26)32(11-5,12-6)28-18-14-24(21)34-28;2*8-6-7-4-2-1-3-5-7;/h13-20H,7-12H2,1-6H3;2*1-5H;/q-2;;;+2/b23-21-,26-22-;;;. The zero-order valence-electron chi connectivity index (χ0n) is 31.7. The summed E-state index contributed by atoms with van der Waals surface area (Å²) in [6.07, 6.45) is 14.4. The molecule has 0 atom stereocenters. The first-order chi connectivity index (χ1) is 25.4. The van der Waals surface area contributed by atoms with Gasteiger partial charge in [-0.25, -0.2) is 0 Å². The Bertz CT molecular complexity index is 1960. The summed E-state index contributed by atoms with van der Waals surface area (Å²) in [5.41, 5.74) is 12.0. The molecule has 0 saturated heterocycles. The van der Waals surface area contributed by atoms with Crippen LogP contribution in [0.1, 0.15) is 114 Å². The summed E-state index contributed by atoms with van der Waals surface area (Å²) in [5.74, 6) is 0. The van der Waals surface area contributed by atoms with Crippen molar-refractivity contribution in [2.45, 2.75) is 90.9 Å². The molecule has 0 radical (unpaired) electrons. The van der Waals surface area contributed by atoms with E-state index in [0.29, 0.717) is 11.1 Å². The normalized spacial score (nSPS) is 18.6. The minimum absolute atomic E-state index is 0. The van der Waals surface area contributed by atoms with Gasteiger partial charge < -0.3 is 9.97 Å². The number of aliphatic imine (C=N–C) groups is 2. The Labute approximate surface area is 328 Å². The molecule has 53 heavy (non-hydrogen) atoms. The number of nitrogens with zero attached hydrogens (tertiary/aromatic N) is 6. The first kappa shape index (κ1) is 40.7. The second-order valence-corrected chi connectivity index (χ2v) is 13.1. The maximum Gasteiger partial charge on any atom is 2.00 e. The first-order valence-corrected chi connectivity index (χ1v) is 18.6. The largest absolute Gasteiger partial charge is 2.00 e. The molecule has 3 aliphatic heterocycles. The van der Waals surface area contributed by atoms with Gasteiger partial charge in [-0.2, -0.15) is 10.5 Å². The first-order valence-electron chi connectivity index (χ1n) is 18.6. The molecular formula is C46H48N6Ru. The van der Waals surface area contributed by atoms with Gasteiger partial charge in [0.15, 0.2) is 0 Å². The predicted octanol–water partition coefficient (Wildman–Crippen LogP) is 10.8. The van der Waals surface area contributed by atoms with E-state index in [-0.39, 0.29) is 30.3 Å². The Kier molecular flexibility index (Phi) is 14.3. The van der Waals surface area contributed by atoms with Crippen LogP contribution < -0.4 is 9.97 Å². The molecule has 3 aliphatic rings. The smallest absolute Gasteiger partial charge is 0.660 e. The van der Waals surface area contributed by atoms with E-state index in [4.69, 9.17) is 30.5 Å². The van der Waals surface area contributed by atoms with Crippen molar-refractivity contribution in [1.82, 2.24) is 9.97 Å². The van der Waals surface area contributed by atoms with E-state index in [2.05, 4.69) is 90.1 Å². The van der Waals surface area contributed by atoms with Gasteiger partial charge in [0.05, 0.1) is 34.7 Å². The number of rotatable bonds is 6. The third-order valence-corrected chi connectivity index (χ3v) is 10.7. The van der Waals surface area contributed by atoms with Crippen LogP contribution in [0.25, 0.3) is 11.1 Å². The summed E-state index contributed by atoms with van der Waals surface area (Å²) >= 11 is 0. The Balaban J connectivity index is 0.000000303. The van der Waals surface area contributed by atoms with E-state index in [9.17, 15) is 0 Å². The van der Waals surface area contributed by atoms with Crippen molar-refractivity contribution in [3.63, 3.8) is 0 Å². The van der Waals surface area contributed by atoms with Gasteiger partial charge in [-0.15, -0.1) is 22.8 Å². The van der Waals surface area contributed by atoms with Crippen LogP contribution in [0.4, 0.5) is 0 Å². The van der Waals surface area contributed by atoms with Gasteiger partial charge in [0.1, 0.15) is 0 Å². The fraction of sp³-hybridized carbons (Fsp3) is 0.304. The van der Waals surface area contributed by atoms with Crippen LogP contribution in [0.5, 0.6) is 0 Å². The summed E-state index contributed by atoms with van der Waals surface area (Å²) < 4.78 is 0. The van der Waals surface area contributed by atoms with Crippen LogP contribution >= 0.6 is 0 Å². The number of nitriles is 2. The molecule has 0 aliphatic carbocycles. The fourth-order valence-corrected chi connectivity index (χ4v) is 7.41. The van der Waals surface area contributed by atoms with E-state index < -0.39 is 0 Å². The van der Waals surface area contributed by atoms with Gasteiger partial charge in [-0.3, -0.25) is 9.98 Å². The predicted molar refractivity (Wildman–Crippen MR) is 214 cm³/mol. The van der Waals surface area contributed by atoms with E-state index in [1.807, 2.05) is 48.5 Å². The van der Waals surface area contributed by atoms with E-state index in [1.165, 1.54) is 11.1 Å². The van der Waals surface area contributed by atoms with Crippen molar-refractivity contribution in [3.8, 4) is 12.1 Å². The number of hydrogen-bond acceptors (Lipinski definition) is 4. The minimum atomic E-state index is -0.208. The average molecular weight is 786 g/mol. The Morgan fingerprint density at radius 1 is 0.509 bits per heavy atom. The summed E-state index contributed by atoms with van der Waals surface area (Å²) in [5, 5.41) is 16.6. The van der Waals surface area contributed by atoms with Crippen LogP contribution in [0.3, 0.4) is 0 Å². The van der Waals surface area contributed by atoms with Crippen LogP contribution in [0.15, 0.2) is 131 Å². The van der Waals surface area contributed by atoms with Crippen molar-refractivity contribution in [2.24, 2.45) is 9.98 Å². The SMILES string of the molecule is CC/C1=C2\C=CC(=N2)C(CC)(CC)c2ccc([n-]2)/C(CC)=C2/C=CC(=N2)C(CC)(CC)c2ccc1[n-]2.N#Cc1ccccc1.N#Cc1ccccc1.[Ru+2]. The van der Waals surface area contributed by atoms with Crippen LogP contribution in [0, 0.1) is 22.7 Å². The molecule has 0 fully saturated rings. The van der Waals surface area contributed by atoms with Gasteiger partial charge in [-0.05, 0) is 98.2 Å². The molecule has 8 bridgehead atoms. The number of allylic oxidation sites excluding steroid dienone is 6. The average Bonchev–Trinajstić information content (AvgIpc) is 4.05. The molecule has 7 rings (SSSR count). The molecule has 0 spiro atoms. The van der Waals surface area contributed by atoms with Crippen LogP contribution in [0.2, 0.25) is 0 Å². The summed E-state index contributed by atoms with van der Waals surface area (Å²) in [6, 6.07) is 31.1. The van der Waals surface area contributed by atoms with Crippen molar-refractivity contribution in [2.75, 3.05) is 0 Å². The Morgan fingerprint density at radius 2 is 0.868 bits per heavy atom. The Morgan fingerprint density at radius 3 is 1.15 bits per heavy atom. The second-order valence-electron chi connectivity index (χ2n) is 13.1. The van der Waals surface area contributed by atoms with Crippen molar-refractivity contribution >= 4 is 22.6 Å². The maximum atomic E-state index is 8.29. The zero-order valence-corrected chi connectivity index (χ0v) is 33.4. The molecule has 5 heterocycles. The molecule has 7 heteroatoms. The maximum absolute atomic E-state index is 8.29. The number of aromatic nitrogens is 2. The van der Waals surface area contributed by atoms with Crippen LogP contribution in [-0.2, 0) is 30.3 Å². The molecule has 270 valence electrons. The summed E-state index contributed by atoms with van der Waals surface area (Å²) in [7, 11) is 0. The molecule has 0 unspecified atom stereocenters. The van der Waals surface area contributed by atoms with Gasteiger partial charge in [0.2, 0.25) is 0 Å². The molecule has 2 aromatic carbocycles.